The topological polar surface area (TPSA) is 52.0 Å². The van der Waals surface area contributed by atoms with E-state index in [2.05, 4.69) is 118 Å². The minimum atomic E-state index is 0.427. The highest BCUT2D eigenvalue weighted by atomic mass is 14.5. The second-order valence-corrected chi connectivity index (χ2v) is 16.9. The molecule has 2 unspecified atom stereocenters. The van der Waals surface area contributed by atoms with E-state index in [1.165, 1.54) is 168 Å². The summed E-state index contributed by atoms with van der Waals surface area (Å²) >= 11 is 0. The molecule has 55 heavy (non-hydrogen) atoms. The molecule has 4 aromatic carbocycles. The molecule has 0 fully saturated rings. The zero-order chi connectivity index (χ0) is 38.9. The Kier molecular flexibility index (Phi) is 21.2. The van der Waals surface area contributed by atoms with Crippen molar-refractivity contribution in [3.05, 3.63) is 130 Å². The second kappa shape index (κ2) is 26.4. The molecule has 0 heterocycles. The Bertz CT molecular complexity index is 1410. The van der Waals surface area contributed by atoms with Crippen LogP contribution in [-0.4, -0.2) is 0 Å². The third-order valence-corrected chi connectivity index (χ3v) is 12.1. The van der Waals surface area contributed by atoms with Crippen LogP contribution in [0.2, 0.25) is 0 Å². The molecule has 0 aromatic heterocycles. The van der Waals surface area contributed by atoms with Gasteiger partial charge in [0.25, 0.3) is 0 Å². The number of nitrogens with two attached hydrogens (primary N) is 2. The molecular weight excluding hydrogens is 665 g/mol. The van der Waals surface area contributed by atoms with Crippen molar-refractivity contribution in [1.29, 1.82) is 0 Å². The fraction of sp³-hybridized carbons (Fsp3) is 0.547. The molecular formula is C53H78N2. The van der Waals surface area contributed by atoms with Gasteiger partial charge in [-0.2, -0.15) is 0 Å². The lowest BCUT2D eigenvalue weighted by Crippen LogP contribution is -2.10. The molecule has 0 amide bonds. The van der Waals surface area contributed by atoms with Crippen LogP contribution < -0.4 is 11.5 Å². The van der Waals surface area contributed by atoms with Gasteiger partial charge in [-0.15, -0.1) is 0 Å². The van der Waals surface area contributed by atoms with Crippen LogP contribution in [0, 0.1) is 5.92 Å². The fourth-order valence-corrected chi connectivity index (χ4v) is 8.69. The van der Waals surface area contributed by atoms with Crippen molar-refractivity contribution in [2.45, 2.75) is 180 Å². The third-order valence-electron chi connectivity index (χ3n) is 12.1. The van der Waals surface area contributed by atoms with Crippen LogP contribution in [0.15, 0.2) is 97.1 Å². The van der Waals surface area contributed by atoms with Gasteiger partial charge < -0.3 is 11.5 Å². The predicted octanol–water partition coefficient (Wildman–Crippen LogP) is 15.8. The first-order valence-electron chi connectivity index (χ1n) is 22.9. The lowest BCUT2D eigenvalue weighted by atomic mass is 9.83. The van der Waals surface area contributed by atoms with Crippen LogP contribution in [0.1, 0.15) is 201 Å². The van der Waals surface area contributed by atoms with E-state index < -0.39 is 0 Å². The molecule has 4 N–H and O–H groups in total. The monoisotopic (exact) mass is 743 g/mol. The van der Waals surface area contributed by atoms with Crippen molar-refractivity contribution in [1.82, 2.24) is 0 Å². The molecule has 0 spiro atoms. The first-order chi connectivity index (χ1) is 27.0. The van der Waals surface area contributed by atoms with Crippen molar-refractivity contribution in [2.75, 3.05) is 11.5 Å². The van der Waals surface area contributed by atoms with E-state index in [4.69, 9.17) is 11.5 Å². The molecule has 0 saturated carbocycles. The molecule has 0 aliphatic rings. The van der Waals surface area contributed by atoms with Crippen LogP contribution >= 0.6 is 0 Å². The molecule has 0 aliphatic carbocycles. The number of hydrogen-bond acceptors (Lipinski definition) is 2. The smallest absolute Gasteiger partial charge is 0.0314 e. The molecule has 2 heteroatoms. The summed E-state index contributed by atoms with van der Waals surface area (Å²) in [6, 6.07) is 36.8. The van der Waals surface area contributed by atoms with Gasteiger partial charge in [0.15, 0.2) is 0 Å². The number of hydrogen-bond donors (Lipinski definition) is 2. The van der Waals surface area contributed by atoms with E-state index >= 15 is 0 Å². The van der Waals surface area contributed by atoms with Crippen LogP contribution in [0.5, 0.6) is 0 Å². The van der Waals surface area contributed by atoms with E-state index in [1.54, 1.807) is 0 Å². The predicted molar refractivity (Wildman–Crippen MR) is 243 cm³/mol. The Hall–Kier alpha value is -3.52. The van der Waals surface area contributed by atoms with Gasteiger partial charge in [-0.25, -0.2) is 0 Å². The van der Waals surface area contributed by atoms with Gasteiger partial charge in [-0.05, 0) is 95.7 Å². The van der Waals surface area contributed by atoms with Gasteiger partial charge in [0.2, 0.25) is 0 Å². The van der Waals surface area contributed by atoms with Gasteiger partial charge in [0, 0.05) is 23.2 Å². The molecule has 2 nitrogen and oxygen atoms in total. The molecule has 4 aromatic rings. The number of unbranched alkanes of at least 4 members (excludes halogenated alkanes) is 15. The Morgan fingerprint density at radius 1 is 0.327 bits per heavy atom. The van der Waals surface area contributed by atoms with Crippen molar-refractivity contribution in [2.24, 2.45) is 5.92 Å². The van der Waals surface area contributed by atoms with Crippen molar-refractivity contribution >= 4 is 11.4 Å². The lowest BCUT2D eigenvalue weighted by molar-refractivity contribution is 0.445. The average molecular weight is 743 g/mol. The second-order valence-electron chi connectivity index (χ2n) is 16.9. The molecule has 0 saturated heterocycles. The minimum absolute atomic E-state index is 0.427. The first kappa shape index (κ1) is 44.2. The van der Waals surface area contributed by atoms with Crippen LogP contribution in [0.3, 0.4) is 0 Å². The Balaban J connectivity index is 1.45. The van der Waals surface area contributed by atoms with E-state index in [-0.39, 0.29) is 0 Å². The van der Waals surface area contributed by atoms with Gasteiger partial charge in [0.05, 0.1) is 0 Å². The molecule has 2 atom stereocenters. The van der Waals surface area contributed by atoms with Crippen LogP contribution in [0.4, 0.5) is 11.4 Å². The summed E-state index contributed by atoms with van der Waals surface area (Å²) in [5.41, 5.74) is 22.5. The van der Waals surface area contributed by atoms with Crippen LogP contribution in [0.25, 0.3) is 0 Å². The van der Waals surface area contributed by atoms with Gasteiger partial charge in [-0.1, -0.05) is 209 Å². The Labute approximate surface area is 338 Å². The van der Waals surface area contributed by atoms with Crippen molar-refractivity contribution in [3.8, 4) is 0 Å². The average Bonchev–Trinajstić information content (AvgIpc) is 3.20. The van der Waals surface area contributed by atoms with Gasteiger partial charge >= 0.3 is 0 Å². The van der Waals surface area contributed by atoms with E-state index in [1.807, 2.05) is 0 Å². The minimum Gasteiger partial charge on any atom is -0.399 e. The van der Waals surface area contributed by atoms with E-state index in [0.717, 1.165) is 24.2 Å². The highest BCUT2D eigenvalue weighted by molar-refractivity contribution is 5.44. The molecule has 0 bridgehead atoms. The maximum absolute atomic E-state index is 6.10. The summed E-state index contributed by atoms with van der Waals surface area (Å²) < 4.78 is 0. The highest BCUT2D eigenvalue weighted by Gasteiger charge is 2.18. The highest BCUT2D eigenvalue weighted by Crippen LogP contribution is 2.34. The zero-order valence-electron chi connectivity index (χ0n) is 35.4. The summed E-state index contributed by atoms with van der Waals surface area (Å²) in [5, 5.41) is 0. The summed E-state index contributed by atoms with van der Waals surface area (Å²) in [6.45, 7) is 6.91. The number of nitrogen functional groups attached to an aromatic ring is 2. The fourth-order valence-electron chi connectivity index (χ4n) is 8.69. The Morgan fingerprint density at radius 3 is 0.927 bits per heavy atom. The summed E-state index contributed by atoms with van der Waals surface area (Å²) in [7, 11) is 0. The summed E-state index contributed by atoms with van der Waals surface area (Å²) in [6.07, 6.45) is 30.1. The maximum Gasteiger partial charge on any atom is 0.0314 e. The molecule has 0 aliphatic heterocycles. The molecule has 300 valence electrons. The molecule has 0 radical (unpaired) electrons. The van der Waals surface area contributed by atoms with E-state index in [9.17, 15) is 0 Å². The quantitative estimate of drug-likeness (QED) is 0.0430. The number of benzene rings is 4. The van der Waals surface area contributed by atoms with Crippen LogP contribution in [-0.2, 0) is 12.8 Å². The third kappa shape index (κ3) is 16.6. The SMILES string of the molecule is CCCCCCCCC(Cc1ccc(C(CCCCCCCC)c2ccc(N)cc2)cc1)Cc1ccc(C(CCCCCCCC)c2ccc(N)cc2)cc1. The largest absolute Gasteiger partial charge is 0.399 e. The summed E-state index contributed by atoms with van der Waals surface area (Å²) in [4.78, 5) is 0. The maximum atomic E-state index is 6.10. The van der Waals surface area contributed by atoms with Crippen molar-refractivity contribution < 1.29 is 0 Å². The molecule has 4 rings (SSSR count). The van der Waals surface area contributed by atoms with E-state index in [0.29, 0.717) is 17.8 Å². The number of anilines is 2. The zero-order valence-corrected chi connectivity index (χ0v) is 35.4. The lowest BCUT2D eigenvalue weighted by Gasteiger charge is -2.21. The van der Waals surface area contributed by atoms with Gasteiger partial charge in [0.1, 0.15) is 0 Å². The standard InChI is InChI=1S/C53H78N2/c1-4-7-10-13-16-19-22-45(41-43-25-29-46(30-26-43)52(23-20-17-14-11-8-5-2)48-33-37-50(54)38-34-48)42-44-27-31-47(32-28-44)53(24-21-18-15-12-9-6-3)49-35-39-51(55)40-36-49/h25-40,45,52-53H,4-24,41-42,54-55H2,1-3H3. The Morgan fingerprint density at radius 2 is 0.600 bits per heavy atom. The number of rotatable bonds is 29. The normalized spacial score (nSPS) is 13.1. The summed E-state index contributed by atoms with van der Waals surface area (Å²) in [5.74, 6) is 1.50. The van der Waals surface area contributed by atoms with Gasteiger partial charge in [-0.3, -0.25) is 0 Å². The van der Waals surface area contributed by atoms with Crippen molar-refractivity contribution in [3.63, 3.8) is 0 Å². The first-order valence-corrected chi connectivity index (χ1v) is 22.9.